The van der Waals surface area contributed by atoms with Crippen molar-refractivity contribution in [2.75, 3.05) is 0 Å². The highest BCUT2D eigenvalue weighted by Gasteiger charge is 2.21. The number of fused-ring (bicyclic) bond motifs is 1. The molecule has 0 aliphatic heterocycles. The molecule has 0 saturated carbocycles. The van der Waals surface area contributed by atoms with E-state index < -0.39 is 0 Å². The number of nitrogens with zero attached hydrogens (tertiary/aromatic N) is 3. The molecule has 1 aliphatic carbocycles. The summed E-state index contributed by atoms with van der Waals surface area (Å²) in [6.45, 7) is 2.07. The monoisotopic (exact) mass is 237 g/mol. The number of aryl methyl sites for hydroxylation is 1. The molecule has 0 amide bonds. The van der Waals surface area contributed by atoms with E-state index in [-0.39, 0.29) is 0 Å². The zero-order valence-electron chi connectivity index (χ0n) is 10.5. The van der Waals surface area contributed by atoms with E-state index in [4.69, 9.17) is 0 Å². The first-order valence-corrected chi connectivity index (χ1v) is 6.37. The second-order valence-corrected chi connectivity index (χ2v) is 4.84. The van der Waals surface area contributed by atoms with Gasteiger partial charge in [0.25, 0.3) is 0 Å². The first-order chi connectivity index (χ1) is 8.79. The van der Waals surface area contributed by atoms with Crippen LogP contribution >= 0.6 is 0 Å². The predicted molar refractivity (Wildman–Crippen MR) is 69.7 cm³/mol. The van der Waals surface area contributed by atoms with Crippen molar-refractivity contribution in [3.63, 3.8) is 0 Å². The molecule has 2 aromatic rings. The Hall–Kier alpha value is -2.08. The van der Waals surface area contributed by atoms with Crippen molar-refractivity contribution in [1.29, 1.82) is 5.26 Å². The Labute approximate surface area is 107 Å². The van der Waals surface area contributed by atoms with Gasteiger partial charge in [0.2, 0.25) is 0 Å². The van der Waals surface area contributed by atoms with Gasteiger partial charge in [-0.25, -0.2) is 4.68 Å². The van der Waals surface area contributed by atoms with Gasteiger partial charge in [0.1, 0.15) is 6.07 Å². The molecule has 1 aromatic heterocycles. The van der Waals surface area contributed by atoms with Gasteiger partial charge in [-0.3, -0.25) is 0 Å². The van der Waals surface area contributed by atoms with Crippen molar-refractivity contribution < 1.29 is 0 Å². The minimum atomic E-state index is 0.603. The van der Waals surface area contributed by atoms with Crippen LogP contribution in [-0.2, 0) is 12.8 Å². The van der Waals surface area contributed by atoms with E-state index in [9.17, 15) is 5.26 Å². The minimum absolute atomic E-state index is 0.603. The number of hydrogen-bond donors (Lipinski definition) is 0. The predicted octanol–water partition coefficient (Wildman–Crippen LogP) is 2.93. The van der Waals surface area contributed by atoms with Gasteiger partial charge in [-0.1, -0.05) is 12.1 Å². The molecule has 18 heavy (non-hydrogen) atoms. The quantitative estimate of drug-likeness (QED) is 0.765. The van der Waals surface area contributed by atoms with E-state index in [0.29, 0.717) is 5.69 Å². The van der Waals surface area contributed by atoms with Crippen LogP contribution in [0.2, 0.25) is 0 Å². The number of nitriles is 1. The summed E-state index contributed by atoms with van der Waals surface area (Å²) < 4.78 is 1.96. The molecule has 0 unspecified atom stereocenters. The molecule has 1 aromatic carbocycles. The summed E-state index contributed by atoms with van der Waals surface area (Å²) in [6.07, 6.45) is 4.37. The highest BCUT2D eigenvalue weighted by molar-refractivity contribution is 5.43. The maximum Gasteiger partial charge on any atom is 0.166 e. The van der Waals surface area contributed by atoms with Gasteiger partial charge >= 0.3 is 0 Å². The van der Waals surface area contributed by atoms with Gasteiger partial charge in [0.05, 0.1) is 5.69 Å². The second kappa shape index (κ2) is 4.30. The Morgan fingerprint density at radius 3 is 2.89 bits per heavy atom. The third kappa shape index (κ3) is 1.70. The lowest BCUT2D eigenvalue weighted by atomic mass is 9.96. The van der Waals surface area contributed by atoms with Gasteiger partial charge in [0.15, 0.2) is 5.69 Å². The number of benzene rings is 1. The second-order valence-electron chi connectivity index (χ2n) is 4.84. The van der Waals surface area contributed by atoms with Crippen molar-refractivity contribution in [1.82, 2.24) is 9.78 Å². The molecule has 0 saturated heterocycles. The smallest absolute Gasteiger partial charge is 0.166 e. The van der Waals surface area contributed by atoms with E-state index >= 15 is 0 Å². The third-order valence-electron chi connectivity index (χ3n) is 3.53. The topological polar surface area (TPSA) is 41.6 Å². The lowest BCUT2D eigenvalue weighted by Crippen LogP contribution is -2.07. The summed E-state index contributed by atoms with van der Waals surface area (Å²) >= 11 is 0. The highest BCUT2D eigenvalue weighted by atomic mass is 15.3. The molecular weight excluding hydrogens is 222 g/mol. The van der Waals surface area contributed by atoms with E-state index in [0.717, 1.165) is 24.1 Å². The van der Waals surface area contributed by atoms with E-state index in [1.165, 1.54) is 24.1 Å². The molecular formula is C15H15N3. The summed E-state index contributed by atoms with van der Waals surface area (Å²) in [5.74, 6) is 0. The third-order valence-corrected chi connectivity index (χ3v) is 3.53. The van der Waals surface area contributed by atoms with Gasteiger partial charge in [0, 0.05) is 11.3 Å². The zero-order valence-corrected chi connectivity index (χ0v) is 10.5. The Kier molecular flexibility index (Phi) is 2.64. The molecule has 0 spiro atoms. The SMILES string of the molecule is Cc1cccc(-n2nc(C#N)c3c2CCCC3)c1. The lowest BCUT2D eigenvalue weighted by molar-refractivity contribution is 0.653. The van der Waals surface area contributed by atoms with Crippen molar-refractivity contribution in [3.8, 4) is 11.8 Å². The standard InChI is InChI=1S/C15H15N3/c1-11-5-4-6-12(9-11)18-15-8-3-2-7-13(15)14(10-16)17-18/h4-6,9H,2-3,7-8H2,1H3. The Bertz CT molecular complexity index is 632. The normalized spacial score (nSPS) is 14.0. The maximum atomic E-state index is 9.18. The van der Waals surface area contributed by atoms with Gasteiger partial charge in [-0.2, -0.15) is 10.4 Å². The van der Waals surface area contributed by atoms with Crippen LogP contribution in [0.5, 0.6) is 0 Å². The number of rotatable bonds is 1. The van der Waals surface area contributed by atoms with E-state index in [1.54, 1.807) is 0 Å². The van der Waals surface area contributed by atoms with Crippen LogP contribution in [0.25, 0.3) is 5.69 Å². The van der Waals surface area contributed by atoms with Crippen LogP contribution in [0.1, 0.15) is 35.4 Å². The van der Waals surface area contributed by atoms with E-state index in [2.05, 4.69) is 36.3 Å². The van der Waals surface area contributed by atoms with Crippen LogP contribution in [0, 0.1) is 18.3 Å². The molecule has 0 fully saturated rings. The minimum Gasteiger partial charge on any atom is -0.236 e. The number of hydrogen-bond acceptors (Lipinski definition) is 2. The molecule has 0 radical (unpaired) electrons. The van der Waals surface area contributed by atoms with Crippen LogP contribution in [0.15, 0.2) is 24.3 Å². The van der Waals surface area contributed by atoms with E-state index in [1.807, 2.05) is 10.7 Å². The largest absolute Gasteiger partial charge is 0.236 e. The first kappa shape index (κ1) is 11.0. The summed E-state index contributed by atoms with van der Waals surface area (Å²) in [6, 6.07) is 10.5. The van der Waals surface area contributed by atoms with Crippen LogP contribution in [-0.4, -0.2) is 9.78 Å². The molecule has 1 heterocycles. The van der Waals surface area contributed by atoms with Crippen LogP contribution < -0.4 is 0 Å². The van der Waals surface area contributed by atoms with Gasteiger partial charge in [-0.15, -0.1) is 0 Å². The molecule has 3 nitrogen and oxygen atoms in total. The molecule has 0 atom stereocenters. The zero-order chi connectivity index (χ0) is 12.5. The summed E-state index contributed by atoms with van der Waals surface area (Å²) in [5.41, 5.74) is 5.26. The number of aromatic nitrogens is 2. The van der Waals surface area contributed by atoms with Crippen molar-refractivity contribution in [2.45, 2.75) is 32.6 Å². The molecule has 3 heteroatoms. The Morgan fingerprint density at radius 1 is 1.28 bits per heavy atom. The molecule has 0 bridgehead atoms. The summed E-state index contributed by atoms with van der Waals surface area (Å²) in [5, 5.41) is 13.7. The maximum absolute atomic E-state index is 9.18. The lowest BCUT2D eigenvalue weighted by Gasteiger charge is -2.14. The molecule has 1 aliphatic rings. The summed E-state index contributed by atoms with van der Waals surface area (Å²) in [4.78, 5) is 0. The van der Waals surface area contributed by atoms with Gasteiger partial charge in [-0.05, 0) is 50.3 Å². The van der Waals surface area contributed by atoms with Crippen LogP contribution in [0.4, 0.5) is 0 Å². The Balaban J connectivity index is 2.18. The average Bonchev–Trinajstić information content (AvgIpc) is 2.77. The molecule has 90 valence electrons. The van der Waals surface area contributed by atoms with Gasteiger partial charge < -0.3 is 0 Å². The fourth-order valence-corrected chi connectivity index (χ4v) is 2.66. The fourth-order valence-electron chi connectivity index (χ4n) is 2.66. The summed E-state index contributed by atoms with van der Waals surface area (Å²) in [7, 11) is 0. The molecule has 0 N–H and O–H groups in total. The van der Waals surface area contributed by atoms with Crippen molar-refractivity contribution >= 4 is 0 Å². The van der Waals surface area contributed by atoms with Crippen LogP contribution in [0.3, 0.4) is 0 Å². The Morgan fingerprint density at radius 2 is 2.11 bits per heavy atom. The average molecular weight is 237 g/mol. The van der Waals surface area contributed by atoms with Crippen molar-refractivity contribution in [3.05, 3.63) is 46.8 Å². The fraction of sp³-hybridized carbons (Fsp3) is 0.333. The first-order valence-electron chi connectivity index (χ1n) is 6.37. The highest BCUT2D eigenvalue weighted by Crippen LogP contribution is 2.26. The van der Waals surface area contributed by atoms with Crippen molar-refractivity contribution in [2.24, 2.45) is 0 Å². The molecule has 3 rings (SSSR count).